The fraction of sp³-hybridized carbons (Fsp3) is 0.235. The van der Waals surface area contributed by atoms with Crippen molar-refractivity contribution in [3.8, 4) is 22.9 Å². The molecule has 0 fully saturated rings. The van der Waals surface area contributed by atoms with E-state index < -0.39 is 0 Å². The van der Waals surface area contributed by atoms with Crippen LogP contribution in [0.3, 0.4) is 0 Å². The first-order chi connectivity index (χ1) is 10.7. The third-order valence-electron chi connectivity index (χ3n) is 3.28. The lowest BCUT2D eigenvalue weighted by Gasteiger charge is -2.13. The number of halogens is 1. The number of hydrogen-bond donors (Lipinski definition) is 1. The summed E-state index contributed by atoms with van der Waals surface area (Å²) in [5.74, 6) is 2.26. The van der Waals surface area contributed by atoms with Gasteiger partial charge in [-0.25, -0.2) is 4.98 Å². The normalized spacial score (nSPS) is 10.9. The summed E-state index contributed by atoms with van der Waals surface area (Å²) >= 11 is 3.60. The number of aromatic amines is 1. The van der Waals surface area contributed by atoms with E-state index in [1.54, 1.807) is 0 Å². The van der Waals surface area contributed by atoms with Crippen LogP contribution in [0.15, 0.2) is 40.9 Å². The molecule has 3 rings (SSSR count). The van der Waals surface area contributed by atoms with E-state index in [-0.39, 0.29) is 0 Å². The highest BCUT2D eigenvalue weighted by Gasteiger charge is 2.14. The Morgan fingerprint density at radius 3 is 2.41 bits per heavy atom. The molecule has 0 spiro atoms. The van der Waals surface area contributed by atoms with Gasteiger partial charge in [0.2, 0.25) is 0 Å². The van der Waals surface area contributed by atoms with Gasteiger partial charge in [0.1, 0.15) is 5.82 Å². The molecule has 0 amide bonds. The highest BCUT2D eigenvalue weighted by atomic mass is 79.9. The maximum Gasteiger partial charge on any atom is 0.162 e. The predicted molar refractivity (Wildman–Crippen MR) is 91.6 cm³/mol. The van der Waals surface area contributed by atoms with Gasteiger partial charge in [-0.15, -0.1) is 0 Å². The largest absolute Gasteiger partial charge is 0.490 e. The Morgan fingerprint density at radius 1 is 1.05 bits per heavy atom. The minimum Gasteiger partial charge on any atom is -0.490 e. The van der Waals surface area contributed by atoms with Gasteiger partial charge in [0, 0.05) is 10.0 Å². The van der Waals surface area contributed by atoms with Crippen molar-refractivity contribution < 1.29 is 9.47 Å². The van der Waals surface area contributed by atoms with Gasteiger partial charge in [0.25, 0.3) is 0 Å². The van der Waals surface area contributed by atoms with Crippen molar-refractivity contribution in [2.75, 3.05) is 13.2 Å². The Morgan fingerprint density at radius 2 is 1.73 bits per heavy atom. The summed E-state index contributed by atoms with van der Waals surface area (Å²) in [7, 11) is 0. The second kappa shape index (κ2) is 6.40. The molecule has 0 radical (unpaired) electrons. The summed E-state index contributed by atoms with van der Waals surface area (Å²) < 4.78 is 12.2. The molecule has 0 bridgehead atoms. The first kappa shape index (κ1) is 14.9. The number of nitrogens with one attached hydrogen (secondary N) is 1. The van der Waals surface area contributed by atoms with Crippen molar-refractivity contribution in [2.24, 2.45) is 0 Å². The fourth-order valence-electron chi connectivity index (χ4n) is 2.33. The van der Waals surface area contributed by atoms with Gasteiger partial charge in [-0.3, -0.25) is 0 Å². The molecule has 0 saturated carbocycles. The number of rotatable bonds is 5. The van der Waals surface area contributed by atoms with Gasteiger partial charge in [-0.05, 0) is 54.0 Å². The van der Waals surface area contributed by atoms with Crippen LogP contribution >= 0.6 is 15.9 Å². The number of hydrogen-bond acceptors (Lipinski definition) is 3. The van der Waals surface area contributed by atoms with E-state index in [1.165, 1.54) is 0 Å². The molecule has 0 unspecified atom stereocenters. The van der Waals surface area contributed by atoms with Crippen molar-refractivity contribution in [3.05, 3.63) is 40.9 Å². The summed E-state index contributed by atoms with van der Waals surface area (Å²) in [6.45, 7) is 5.09. The summed E-state index contributed by atoms with van der Waals surface area (Å²) in [6, 6.07) is 11.8. The van der Waals surface area contributed by atoms with E-state index >= 15 is 0 Å². The molecule has 22 heavy (non-hydrogen) atoms. The lowest BCUT2D eigenvalue weighted by molar-refractivity contribution is 0.287. The average Bonchev–Trinajstić information content (AvgIpc) is 2.94. The first-order valence-corrected chi connectivity index (χ1v) is 8.06. The Hall–Kier alpha value is -2.01. The zero-order valence-corrected chi connectivity index (χ0v) is 14.1. The van der Waals surface area contributed by atoms with Crippen LogP contribution in [-0.2, 0) is 0 Å². The number of H-pyrrole nitrogens is 1. The molecule has 3 aromatic rings. The van der Waals surface area contributed by atoms with Gasteiger partial charge in [-0.1, -0.05) is 12.1 Å². The van der Waals surface area contributed by atoms with E-state index in [4.69, 9.17) is 9.47 Å². The van der Waals surface area contributed by atoms with Crippen LogP contribution in [0.4, 0.5) is 0 Å². The molecule has 5 heteroatoms. The van der Waals surface area contributed by atoms with Crippen LogP contribution in [0.1, 0.15) is 13.8 Å². The third-order valence-corrected chi connectivity index (χ3v) is 3.93. The molecule has 1 aromatic heterocycles. The molecule has 0 atom stereocenters. The monoisotopic (exact) mass is 360 g/mol. The molecular weight excluding hydrogens is 344 g/mol. The van der Waals surface area contributed by atoms with Crippen LogP contribution in [-0.4, -0.2) is 23.2 Å². The van der Waals surface area contributed by atoms with Crippen LogP contribution in [0, 0.1) is 0 Å². The number of aromatic nitrogens is 2. The number of ether oxygens (including phenoxy) is 2. The highest BCUT2D eigenvalue weighted by Crippen LogP contribution is 2.38. The topological polar surface area (TPSA) is 47.1 Å². The number of imidazole rings is 1. The Balaban J connectivity index is 2.10. The molecule has 0 aliphatic heterocycles. The van der Waals surface area contributed by atoms with Crippen molar-refractivity contribution >= 4 is 27.0 Å². The predicted octanol–water partition coefficient (Wildman–Crippen LogP) is 4.79. The Kier molecular flexibility index (Phi) is 4.34. The molecular formula is C17H17BrN2O2. The smallest absolute Gasteiger partial charge is 0.162 e. The first-order valence-electron chi connectivity index (χ1n) is 7.27. The molecule has 0 aliphatic rings. The average molecular weight is 361 g/mol. The van der Waals surface area contributed by atoms with E-state index in [0.29, 0.717) is 13.2 Å². The zero-order valence-electron chi connectivity index (χ0n) is 12.5. The third kappa shape index (κ3) is 2.81. The van der Waals surface area contributed by atoms with Gasteiger partial charge in [-0.2, -0.15) is 0 Å². The molecule has 0 aliphatic carbocycles. The SMILES string of the molecule is CCOc1cc(Br)c(-c2nc3ccccc3[nH]2)cc1OCC. The summed E-state index contributed by atoms with van der Waals surface area (Å²) in [5, 5.41) is 0. The van der Waals surface area contributed by atoms with E-state index in [9.17, 15) is 0 Å². The maximum absolute atomic E-state index is 5.69. The van der Waals surface area contributed by atoms with Crippen LogP contribution < -0.4 is 9.47 Å². The maximum atomic E-state index is 5.69. The van der Waals surface area contributed by atoms with Gasteiger partial charge in [0.05, 0.1) is 24.2 Å². The van der Waals surface area contributed by atoms with E-state index in [1.807, 2.05) is 50.2 Å². The quantitative estimate of drug-likeness (QED) is 0.711. The summed E-state index contributed by atoms with van der Waals surface area (Å²) in [6.07, 6.45) is 0. The fourth-order valence-corrected chi connectivity index (χ4v) is 2.84. The summed E-state index contributed by atoms with van der Waals surface area (Å²) in [5.41, 5.74) is 2.90. The van der Waals surface area contributed by atoms with Crippen LogP contribution in [0.5, 0.6) is 11.5 Å². The van der Waals surface area contributed by atoms with Crippen molar-refractivity contribution in [2.45, 2.75) is 13.8 Å². The molecule has 2 aromatic carbocycles. The van der Waals surface area contributed by atoms with Crippen molar-refractivity contribution in [1.29, 1.82) is 0 Å². The molecule has 1 N–H and O–H groups in total. The molecule has 4 nitrogen and oxygen atoms in total. The van der Waals surface area contributed by atoms with Crippen molar-refractivity contribution in [3.63, 3.8) is 0 Å². The second-order valence-corrected chi connectivity index (χ2v) is 5.60. The highest BCUT2D eigenvalue weighted by molar-refractivity contribution is 9.10. The van der Waals surface area contributed by atoms with Gasteiger partial charge in [0.15, 0.2) is 11.5 Å². The minimum atomic E-state index is 0.585. The second-order valence-electron chi connectivity index (χ2n) is 4.75. The number of fused-ring (bicyclic) bond motifs is 1. The lowest BCUT2D eigenvalue weighted by Crippen LogP contribution is -1.99. The minimum absolute atomic E-state index is 0.585. The standard InChI is InChI=1S/C17H17BrN2O2/c1-3-21-15-9-11(12(18)10-16(15)22-4-2)17-19-13-7-5-6-8-14(13)20-17/h5-10H,3-4H2,1-2H3,(H,19,20). The van der Waals surface area contributed by atoms with Crippen LogP contribution in [0.2, 0.25) is 0 Å². The Bertz CT molecular complexity index is 765. The number of benzene rings is 2. The molecule has 1 heterocycles. The van der Waals surface area contributed by atoms with Gasteiger partial charge >= 0.3 is 0 Å². The lowest BCUT2D eigenvalue weighted by atomic mass is 10.2. The van der Waals surface area contributed by atoms with E-state index in [2.05, 4.69) is 25.9 Å². The molecule has 114 valence electrons. The molecule has 0 saturated heterocycles. The van der Waals surface area contributed by atoms with Crippen LogP contribution in [0.25, 0.3) is 22.4 Å². The number of para-hydroxylation sites is 2. The summed E-state index contributed by atoms with van der Waals surface area (Å²) in [4.78, 5) is 7.97. The Labute approximate surface area is 137 Å². The van der Waals surface area contributed by atoms with Crippen molar-refractivity contribution in [1.82, 2.24) is 9.97 Å². The van der Waals surface area contributed by atoms with E-state index in [0.717, 1.165) is 38.4 Å². The zero-order chi connectivity index (χ0) is 15.5. The number of nitrogens with zero attached hydrogens (tertiary/aromatic N) is 1. The van der Waals surface area contributed by atoms with Gasteiger partial charge < -0.3 is 14.5 Å².